The van der Waals surface area contributed by atoms with Crippen LogP contribution >= 0.6 is 0 Å². The Bertz CT molecular complexity index is 382. The van der Waals surface area contributed by atoms with Crippen molar-refractivity contribution in [2.24, 2.45) is 5.73 Å². The van der Waals surface area contributed by atoms with E-state index < -0.39 is 0 Å². The maximum Gasteiger partial charge on any atom is 0.0589 e. The van der Waals surface area contributed by atoms with E-state index in [0.717, 1.165) is 26.1 Å². The van der Waals surface area contributed by atoms with Crippen LogP contribution in [0.25, 0.3) is 0 Å². The normalized spacial score (nSPS) is 13.3. The van der Waals surface area contributed by atoms with Gasteiger partial charge in [0, 0.05) is 58.3 Å². The van der Waals surface area contributed by atoms with Gasteiger partial charge in [-0.3, -0.25) is 9.58 Å². The van der Waals surface area contributed by atoms with Crippen molar-refractivity contribution in [3.8, 4) is 0 Å². The van der Waals surface area contributed by atoms with Crippen molar-refractivity contribution in [1.29, 1.82) is 0 Å². The molecule has 0 saturated heterocycles. The first kappa shape index (κ1) is 18.1. The van der Waals surface area contributed by atoms with E-state index in [0.29, 0.717) is 19.2 Å². The highest BCUT2D eigenvalue weighted by atomic mass is 16.5. The van der Waals surface area contributed by atoms with E-state index in [9.17, 15) is 0 Å². The zero-order valence-electron chi connectivity index (χ0n) is 13.8. The number of rotatable bonds is 11. The van der Waals surface area contributed by atoms with Crippen LogP contribution in [0.5, 0.6) is 0 Å². The lowest BCUT2D eigenvalue weighted by Crippen LogP contribution is -2.37. The van der Waals surface area contributed by atoms with Crippen LogP contribution in [0.3, 0.4) is 0 Å². The summed E-state index contributed by atoms with van der Waals surface area (Å²) in [5.41, 5.74) is 7.18. The van der Waals surface area contributed by atoms with E-state index in [1.165, 1.54) is 5.56 Å². The summed E-state index contributed by atoms with van der Waals surface area (Å²) in [6, 6.07) is 0.530. The predicted octanol–water partition coefficient (Wildman–Crippen LogP) is 1.45. The van der Waals surface area contributed by atoms with Crippen LogP contribution in [-0.4, -0.2) is 61.7 Å². The molecule has 0 fully saturated rings. The largest absolute Gasteiger partial charge is 0.385 e. The standard InChI is InChI=1S/C15H30N4O2/c1-13(2)19-12-14(11-17-19)15(10-16)18(7-9-21-4)6-5-8-20-3/h11-13,15H,5-10,16H2,1-4H3. The zero-order valence-corrected chi connectivity index (χ0v) is 13.8. The lowest BCUT2D eigenvalue weighted by molar-refractivity contribution is 0.108. The number of hydrogen-bond donors (Lipinski definition) is 1. The Morgan fingerprint density at radius 2 is 1.95 bits per heavy atom. The number of nitrogens with two attached hydrogens (primary N) is 1. The molecule has 1 heterocycles. The van der Waals surface area contributed by atoms with Crippen LogP contribution in [0.2, 0.25) is 0 Å². The van der Waals surface area contributed by atoms with Gasteiger partial charge in [0.1, 0.15) is 0 Å². The second kappa shape index (κ2) is 9.89. The first-order chi connectivity index (χ1) is 10.1. The molecule has 1 aromatic heterocycles. The molecule has 1 aromatic rings. The molecule has 0 aliphatic heterocycles. The van der Waals surface area contributed by atoms with Crippen LogP contribution in [0.4, 0.5) is 0 Å². The van der Waals surface area contributed by atoms with Crippen LogP contribution in [0, 0.1) is 0 Å². The molecule has 1 rings (SSSR count). The topological polar surface area (TPSA) is 65.5 Å². The Balaban J connectivity index is 2.77. The van der Waals surface area contributed by atoms with E-state index in [2.05, 4.69) is 30.0 Å². The van der Waals surface area contributed by atoms with E-state index in [4.69, 9.17) is 15.2 Å². The van der Waals surface area contributed by atoms with Gasteiger partial charge >= 0.3 is 0 Å². The molecule has 6 nitrogen and oxygen atoms in total. The van der Waals surface area contributed by atoms with Crippen LogP contribution in [0.1, 0.15) is 37.9 Å². The lowest BCUT2D eigenvalue weighted by atomic mass is 10.1. The summed E-state index contributed by atoms with van der Waals surface area (Å²) < 4.78 is 12.3. The Morgan fingerprint density at radius 3 is 2.48 bits per heavy atom. The molecule has 1 unspecified atom stereocenters. The fourth-order valence-corrected chi connectivity index (χ4v) is 2.35. The van der Waals surface area contributed by atoms with Gasteiger partial charge in [0.15, 0.2) is 0 Å². The third-order valence-electron chi connectivity index (χ3n) is 3.58. The van der Waals surface area contributed by atoms with Crippen LogP contribution in [0.15, 0.2) is 12.4 Å². The monoisotopic (exact) mass is 298 g/mol. The third kappa shape index (κ3) is 5.74. The highest BCUT2D eigenvalue weighted by molar-refractivity contribution is 5.11. The molecule has 6 heteroatoms. The maximum atomic E-state index is 6.02. The summed E-state index contributed by atoms with van der Waals surface area (Å²) in [6.07, 6.45) is 5.00. The van der Waals surface area contributed by atoms with Crippen molar-refractivity contribution in [3.05, 3.63) is 18.0 Å². The van der Waals surface area contributed by atoms with Gasteiger partial charge in [0.05, 0.1) is 18.8 Å². The summed E-state index contributed by atoms with van der Waals surface area (Å²) in [7, 11) is 3.45. The minimum Gasteiger partial charge on any atom is -0.385 e. The SMILES string of the molecule is COCCCN(CCOC)C(CN)c1cnn(C(C)C)c1. The van der Waals surface area contributed by atoms with Crippen molar-refractivity contribution in [1.82, 2.24) is 14.7 Å². The molecule has 21 heavy (non-hydrogen) atoms. The molecule has 0 amide bonds. The number of ether oxygens (including phenoxy) is 2. The van der Waals surface area contributed by atoms with Gasteiger partial charge in [-0.05, 0) is 20.3 Å². The van der Waals surface area contributed by atoms with Gasteiger partial charge in [-0.15, -0.1) is 0 Å². The molecule has 0 aliphatic rings. The molecule has 0 aliphatic carbocycles. The second-order valence-corrected chi connectivity index (χ2v) is 5.47. The Morgan fingerprint density at radius 1 is 1.24 bits per heavy atom. The summed E-state index contributed by atoms with van der Waals surface area (Å²) in [4.78, 5) is 2.35. The quantitative estimate of drug-likeness (QED) is 0.626. The summed E-state index contributed by atoms with van der Waals surface area (Å²) in [5.74, 6) is 0. The minimum absolute atomic E-state index is 0.171. The molecule has 0 bridgehead atoms. The van der Waals surface area contributed by atoms with Gasteiger partial charge in [0.2, 0.25) is 0 Å². The molecular formula is C15H30N4O2. The number of hydrogen-bond acceptors (Lipinski definition) is 5. The Hall–Kier alpha value is -0.950. The predicted molar refractivity (Wildman–Crippen MR) is 84.3 cm³/mol. The van der Waals surface area contributed by atoms with E-state index in [1.54, 1.807) is 14.2 Å². The second-order valence-electron chi connectivity index (χ2n) is 5.47. The molecular weight excluding hydrogens is 268 g/mol. The smallest absolute Gasteiger partial charge is 0.0589 e. The van der Waals surface area contributed by atoms with E-state index >= 15 is 0 Å². The number of nitrogens with zero attached hydrogens (tertiary/aromatic N) is 3. The van der Waals surface area contributed by atoms with Crippen molar-refractivity contribution in [2.45, 2.75) is 32.4 Å². The number of methoxy groups -OCH3 is 2. The molecule has 2 N–H and O–H groups in total. The van der Waals surface area contributed by atoms with Crippen molar-refractivity contribution in [2.75, 3.05) is 47.1 Å². The van der Waals surface area contributed by atoms with Gasteiger partial charge in [-0.1, -0.05) is 0 Å². The minimum atomic E-state index is 0.171. The lowest BCUT2D eigenvalue weighted by Gasteiger charge is -2.30. The third-order valence-corrected chi connectivity index (χ3v) is 3.58. The average Bonchev–Trinajstić information content (AvgIpc) is 2.95. The zero-order chi connectivity index (χ0) is 15.7. The van der Waals surface area contributed by atoms with Gasteiger partial charge in [-0.2, -0.15) is 5.10 Å². The summed E-state index contributed by atoms with van der Waals surface area (Å²) in [6.45, 7) is 8.06. The van der Waals surface area contributed by atoms with E-state index in [1.807, 2.05) is 10.9 Å². The molecule has 122 valence electrons. The number of aromatic nitrogens is 2. The molecule has 0 spiro atoms. The molecule has 0 saturated carbocycles. The fraction of sp³-hybridized carbons (Fsp3) is 0.800. The van der Waals surface area contributed by atoms with Gasteiger partial charge < -0.3 is 15.2 Å². The van der Waals surface area contributed by atoms with Gasteiger partial charge in [-0.25, -0.2) is 0 Å². The van der Waals surface area contributed by atoms with Crippen molar-refractivity contribution in [3.63, 3.8) is 0 Å². The average molecular weight is 298 g/mol. The first-order valence-corrected chi connectivity index (χ1v) is 7.60. The molecule has 1 atom stereocenters. The summed E-state index contributed by atoms with van der Waals surface area (Å²) >= 11 is 0. The molecule has 0 radical (unpaired) electrons. The highest BCUT2D eigenvalue weighted by Crippen LogP contribution is 2.20. The van der Waals surface area contributed by atoms with Gasteiger partial charge in [0.25, 0.3) is 0 Å². The highest BCUT2D eigenvalue weighted by Gasteiger charge is 2.20. The van der Waals surface area contributed by atoms with Crippen LogP contribution < -0.4 is 5.73 Å². The Kier molecular flexibility index (Phi) is 8.52. The molecule has 0 aromatic carbocycles. The van der Waals surface area contributed by atoms with Crippen molar-refractivity contribution < 1.29 is 9.47 Å². The fourth-order valence-electron chi connectivity index (χ4n) is 2.35. The maximum absolute atomic E-state index is 6.02. The summed E-state index contributed by atoms with van der Waals surface area (Å²) in [5, 5.41) is 4.42. The Labute approximate surface area is 128 Å². The van der Waals surface area contributed by atoms with E-state index in [-0.39, 0.29) is 6.04 Å². The van der Waals surface area contributed by atoms with Crippen molar-refractivity contribution >= 4 is 0 Å². The van der Waals surface area contributed by atoms with Crippen LogP contribution in [-0.2, 0) is 9.47 Å². The first-order valence-electron chi connectivity index (χ1n) is 7.60.